The van der Waals surface area contributed by atoms with Crippen molar-refractivity contribution in [3.63, 3.8) is 0 Å². The van der Waals surface area contributed by atoms with E-state index in [1.54, 1.807) is 13.8 Å². The summed E-state index contributed by atoms with van der Waals surface area (Å²) in [5.74, 6) is 0.294. The summed E-state index contributed by atoms with van der Waals surface area (Å²) in [6, 6.07) is -0.273. The highest BCUT2D eigenvalue weighted by Crippen LogP contribution is 2.17. The predicted molar refractivity (Wildman–Crippen MR) is 55.8 cm³/mol. The Balaban J connectivity index is 2.51. The third kappa shape index (κ3) is 2.93. The predicted octanol–water partition coefficient (Wildman–Crippen LogP) is 0.173. The van der Waals surface area contributed by atoms with Gasteiger partial charge in [0.15, 0.2) is 9.84 Å². The molecule has 0 bridgehead atoms. The van der Waals surface area contributed by atoms with Gasteiger partial charge >= 0.3 is 0 Å². The first kappa shape index (κ1) is 11.9. The largest absolute Gasteiger partial charge is 0.381 e. The third-order valence-electron chi connectivity index (χ3n) is 2.71. The monoisotopic (exact) mass is 221 g/mol. The lowest BCUT2D eigenvalue weighted by molar-refractivity contribution is 0.182. The van der Waals surface area contributed by atoms with Crippen molar-refractivity contribution in [3.05, 3.63) is 0 Å². The van der Waals surface area contributed by atoms with E-state index in [9.17, 15) is 8.42 Å². The Morgan fingerprint density at radius 2 is 2.14 bits per heavy atom. The Morgan fingerprint density at radius 1 is 1.50 bits per heavy atom. The Hall–Kier alpha value is -0.130. The molecule has 0 spiro atoms. The fraction of sp³-hybridized carbons (Fsp3) is 1.00. The van der Waals surface area contributed by atoms with E-state index in [1.807, 2.05) is 0 Å². The maximum atomic E-state index is 11.6. The first-order valence-corrected chi connectivity index (χ1v) is 6.70. The van der Waals surface area contributed by atoms with Crippen LogP contribution in [-0.2, 0) is 14.6 Å². The SMILES string of the molecule is CC(C)S(=O)(=O)CC(N)C1CCOC1. The molecule has 0 radical (unpaired) electrons. The second-order valence-electron chi connectivity index (χ2n) is 4.17. The molecule has 5 heteroatoms. The fourth-order valence-corrected chi connectivity index (χ4v) is 2.68. The summed E-state index contributed by atoms with van der Waals surface area (Å²) in [5.41, 5.74) is 5.84. The molecular formula is C9H19NO3S. The van der Waals surface area contributed by atoms with Crippen molar-refractivity contribution in [2.45, 2.75) is 31.6 Å². The maximum absolute atomic E-state index is 11.6. The Labute approximate surface area is 85.7 Å². The van der Waals surface area contributed by atoms with Crippen molar-refractivity contribution < 1.29 is 13.2 Å². The number of hydrogen-bond acceptors (Lipinski definition) is 4. The highest BCUT2D eigenvalue weighted by molar-refractivity contribution is 7.92. The zero-order valence-electron chi connectivity index (χ0n) is 8.77. The van der Waals surface area contributed by atoms with Crippen molar-refractivity contribution in [1.82, 2.24) is 0 Å². The Morgan fingerprint density at radius 3 is 2.57 bits per heavy atom. The molecule has 14 heavy (non-hydrogen) atoms. The quantitative estimate of drug-likeness (QED) is 0.735. The van der Waals surface area contributed by atoms with Crippen LogP contribution in [0.4, 0.5) is 0 Å². The molecule has 1 rings (SSSR count). The fourth-order valence-electron chi connectivity index (χ4n) is 1.49. The van der Waals surface area contributed by atoms with E-state index < -0.39 is 9.84 Å². The summed E-state index contributed by atoms with van der Waals surface area (Å²) in [7, 11) is -3.02. The van der Waals surface area contributed by atoms with Crippen LogP contribution < -0.4 is 5.73 Å². The standard InChI is InChI=1S/C9H19NO3S/c1-7(2)14(11,12)6-9(10)8-3-4-13-5-8/h7-9H,3-6,10H2,1-2H3. The first-order chi connectivity index (χ1) is 6.43. The van der Waals surface area contributed by atoms with Crippen molar-refractivity contribution in [1.29, 1.82) is 0 Å². The van der Waals surface area contributed by atoms with Gasteiger partial charge in [-0.2, -0.15) is 0 Å². The number of rotatable bonds is 4. The van der Waals surface area contributed by atoms with Crippen LogP contribution in [0.3, 0.4) is 0 Å². The Bertz CT molecular complexity index is 268. The molecule has 2 atom stereocenters. The molecular weight excluding hydrogens is 202 g/mol. The van der Waals surface area contributed by atoms with Crippen molar-refractivity contribution in [2.24, 2.45) is 11.7 Å². The molecule has 0 aromatic heterocycles. The molecule has 0 amide bonds. The number of hydrogen-bond donors (Lipinski definition) is 1. The minimum atomic E-state index is -3.02. The average molecular weight is 221 g/mol. The molecule has 1 aliphatic rings. The van der Waals surface area contributed by atoms with Gasteiger partial charge < -0.3 is 10.5 Å². The van der Waals surface area contributed by atoms with Crippen LogP contribution in [0.15, 0.2) is 0 Å². The van der Waals surface area contributed by atoms with Gasteiger partial charge in [-0.25, -0.2) is 8.42 Å². The molecule has 2 unspecified atom stereocenters. The molecule has 0 aromatic carbocycles. The van der Waals surface area contributed by atoms with Crippen LogP contribution in [0.5, 0.6) is 0 Å². The molecule has 1 saturated heterocycles. The van der Waals surface area contributed by atoms with E-state index in [-0.39, 0.29) is 23.0 Å². The highest BCUT2D eigenvalue weighted by Gasteiger charge is 2.28. The molecule has 0 saturated carbocycles. The zero-order chi connectivity index (χ0) is 10.8. The molecule has 84 valence electrons. The number of ether oxygens (including phenoxy) is 1. The van der Waals surface area contributed by atoms with E-state index in [0.717, 1.165) is 6.42 Å². The third-order valence-corrected chi connectivity index (χ3v) is 5.00. The van der Waals surface area contributed by atoms with Crippen molar-refractivity contribution in [3.8, 4) is 0 Å². The van der Waals surface area contributed by atoms with Crippen LogP contribution in [0.25, 0.3) is 0 Å². The van der Waals surface area contributed by atoms with Crippen LogP contribution in [0, 0.1) is 5.92 Å². The Kier molecular flexibility index (Phi) is 3.92. The minimum absolute atomic E-state index is 0.0820. The summed E-state index contributed by atoms with van der Waals surface area (Å²) in [6.45, 7) is 4.69. The van der Waals surface area contributed by atoms with Gasteiger partial charge in [0.1, 0.15) is 0 Å². The van der Waals surface area contributed by atoms with Crippen LogP contribution >= 0.6 is 0 Å². The van der Waals surface area contributed by atoms with Crippen molar-refractivity contribution >= 4 is 9.84 Å². The van der Waals surface area contributed by atoms with E-state index in [2.05, 4.69) is 0 Å². The van der Waals surface area contributed by atoms with Gasteiger partial charge in [0.25, 0.3) is 0 Å². The van der Waals surface area contributed by atoms with E-state index in [4.69, 9.17) is 10.5 Å². The molecule has 1 aliphatic heterocycles. The van der Waals surface area contributed by atoms with Crippen LogP contribution in [0.1, 0.15) is 20.3 Å². The lowest BCUT2D eigenvalue weighted by Gasteiger charge is -2.18. The smallest absolute Gasteiger partial charge is 0.154 e. The van der Waals surface area contributed by atoms with Crippen molar-refractivity contribution in [2.75, 3.05) is 19.0 Å². The molecule has 1 heterocycles. The van der Waals surface area contributed by atoms with Gasteiger partial charge in [-0.3, -0.25) is 0 Å². The normalized spacial score (nSPS) is 25.6. The summed E-state index contributed by atoms with van der Waals surface area (Å²) < 4.78 is 28.3. The summed E-state index contributed by atoms with van der Waals surface area (Å²) in [5, 5.41) is -0.337. The zero-order valence-corrected chi connectivity index (χ0v) is 9.59. The summed E-state index contributed by atoms with van der Waals surface area (Å²) >= 11 is 0. The molecule has 0 aromatic rings. The lowest BCUT2D eigenvalue weighted by Crippen LogP contribution is -2.39. The molecule has 4 nitrogen and oxygen atoms in total. The van der Waals surface area contributed by atoms with Gasteiger partial charge in [0.05, 0.1) is 17.6 Å². The van der Waals surface area contributed by atoms with E-state index in [0.29, 0.717) is 13.2 Å². The summed E-state index contributed by atoms with van der Waals surface area (Å²) in [4.78, 5) is 0. The van der Waals surface area contributed by atoms with Crippen LogP contribution in [-0.4, -0.2) is 38.7 Å². The number of nitrogens with two attached hydrogens (primary N) is 1. The van der Waals surface area contributed by atoms with E-state index in [1.165, 1.54) is 0 Å². The topological polar surface area (TPSA) is 69.4 Å². The lowest BCUT2D eigenvalue weighted by atomic mass is 10.0. The number of sulfone groups is 1. The van der Waals surface area contributed by atoms with Gasteiger partial charge in [0, 0.05) is 18.6 Å². The maximum Gasteiger partial charge on any atom is 0.154 e. The second kappa shape index (κ2) is 4.59. The van der Waals surface area contributed by atoms with Crippen LogP contribution in [0.2, 0.25) is 0 Å². The first-order valence-electron chi connectivity index (χ1n) is 4.98. The minimum Gasteiger partial charge on any atom is -0.381 e. The average Bonchev–Trinajstić information content (AvgIpc) is 2.54. The summed E-state index contributed by atoms with van der Waals surface area (Å²) in [6.07, 6.45) is 0.884. The highest BCUT2D eigenvalue weighted by atomic mass is 32.2. The second-order valence-corrected chi connectivity index (χ2v) is 6.77. The molecule has 2 N–H and O–H groups in total. The van der Waals surface area contributed by atoms with Gasteiger partial charge in [-0.15, -0.1) is 0 Å². The van der Waals surface area contributed by atoms with Gasteiger partial charge in [-0.1, -0.05) is 0 Å². The van der Waals surface area contributed by atoms with E-state index >= 15 is 0 Å². The van der Waals surface area contributed by atoms with Gasteiger partial charge in [-0.05, 0) is 20.3 Å². The molecule has 0 aliphatic carbocycles. The van der Waals surface area contributed by atoms with Gasteiger partial charge in [0.2, 0.25) is 0 Å². The molecule has 1 fully saturated rings.